The quantitative estimate of drug-likeness (QED) is 0.286. The molecular weight excluding hydrogens is 326 g/mol. The highest BCUT2D eigenvalue weighted by molar-refractivity contribution is 7.46. The maximum atomic E-state index is 10.7. The molecule has 2 saturated heterocycles. The molecule has 2 fully saturated rings. The normalized spacial score (nSPS) is 41.3. The van der Waals surface area contributed by atoms with Crippen LogP contribution in [0.15, 0.2) is 0 Å². The maximum Gasteiger partial charge on any atom is 0.472 e. The summed E-state index contributed by atoms with van der Waals surface area (Å²) in [5.74, 6) is -2.57. The Morgan fingerprint density at radius 2 is 1.75 bits per heavy atom. The Bertz CT molecular complexity index is 469. The van der Waals surface area contributed by atoms with Crippen LogP contribution in [0.25, 0.3) is 0 Å². The van der Waals surface area contributed by atoms with Crippen LogP contribution in [0.3, 0.4) is 0 Å². The second kappa shape index (κ2) is 5.06. The van der Waals surface area contributed by atoms with Gasteiger partial charge in [0.1, 0.15) is 18.3 Å². The number of aliphatic hydroxyl groups excluding tert-OH is 1. The number of fused-ring (bicyclic) bond motifs is 2. The van der Waals surface area contributed by atoms with E-state index in [0.29, 0.717) is 0 Å². The van der Waals surface area contributed by atoms with Gasteiger partial charge >= 0.3 is 15.6 Å². The first-order chi connectivity index (χ1) is 8.92. The van der Waals surface area contributed by atoms with E-state index in [4.69, 9.17) is 29.0 Å². The van der Waals surface area contributed by atoms with E-state index in [-0.39, 0.29) is 0 Å². The summed E-state index contributed by atoms with van der Waals surface area (Å²) < 4.78 is 39.2. The molecule has 14 heteroatoms. The molecule has 0 radical (unpaired) electrons. The fraction of sp³-hybridized carbons (Fsp3) is 1.00. The molecule has 0 aromatic carbocycles. The van der Waals surface area contributed by atoms with E-state index in [1.807, 2.05) is 0 Å². The van der Waals surface area contributed by atoms with Crippen LogP contribution in [0, 0.1) is 0 Å². The van der Waals surface area contributed by atoms with Crippen LogP contribution < -0.4 is 0 Å². The van der Waals surface area contributed by atoms with Crippen molar-refractivity contribution < 1.29 is 57.4 Å². The van der Waals surface area contributed by atoms with Crippen molar-refractivity contribution in [2.24, 2.45) is 0 Å². The smallest absolute Gasteiger partial charge is 0.384 e. The predicted molar refractivity (Wildman–Crippen MR) is 55.6 cm³/mol. The Morgan fingerprint density at radius 1 is 1.15 bits per heavy atom. The van der Waals surface area contributed by atoms with Crippen molar-refractivity contribution >= 4 is 15.6 Å². The van der Waals surface area contributed by atoms with Crippen LogP contribution in [0.5, 0.6) is 0 Å². The average molecular weight is 338 g/mol. The molecule has 0 aromatic rings. The molecule has 2 aliphatic rings. The molecule has 20 heavy (non-hydrogen) atoms. The van der Waals surface area contributed by atoms with E-state index in [0.717, 1.165) is 0 Å². The Morgan fingerprint density at radius 3 is 2.15 bits per heavy atom. The number of hydrogen-bond donors (Lipinski definition) is 6. The van der Waals surface area contributed by atoms with E-state index in [1.54, 1.807) is 0 Å². The third kappa shape index (κ3) is 3.28. The van der Waals surface area contributed by atoms with Crippen LogP contribution in [0.1, 0.15) is 0 Å². The standard InChI is InChI=1S/C6H12O12P2/c7-4-3-2(1-15-19(9,10)11)17-6(4,8)5(16-3)18-20(12,13)14/h2-5,7-8H,1H2,(H2,9,10,11)(H2,12,13,14)/t2-,3-,4+,5-,6+/m0/s1. The fourth-order valence-electron chi connectivity index (χ4n) is 1.94. The highest BCUT2D eigenvalue weighted by atomic mass is 31.2. The van der Waals surface area contributed by atoms with Gasteiger partial charge in [-0.2, -0.15) is 0 Å². The Labute approximate surface area is 111 Å². The summed E-state index contributed by atoms with van der Waals surface area (Å²) in [6.07, 6.45) is -6.26. The van der Waals surface area contributed by atoms with E-state index in [9.17, 15) is 19.3 Å². The van der Waals surface area contributed by atoms with Crippen molar-refractivity contribution in [1.82, 2.24) is 0 Å². The highest BCUT2D eigenvalue weighted by Crippen LogP contribution is 2.50. The highest BCUT2D eigenvalue weighted by Gasteiger charge is 2.68. The zero-order valence-corrected chi connectivity index (χ0v) is 11.3. The lowest BCUT2D eigenvalue weighted by Crippen LogP contribution is -2.49. The molecule has 6 N–H and O–H groups in total. The van der Waals surface area contributed by atoms with Crippen molar-refractivity contribution in [3.8, 4) is 0 Å². The van der Waals surface area contributed by atoms with Gasteiger partial charge in [0, 0.05) is 0 Å². The average Bonchev–Trinajstić information content (AvgIpc) is 2.60. The molecule has 5 atom stereocenters. The van der Waals surface area contributed by atoms with Crippen molar-refractivity contribution in [1.29, 1.82) is 0 Å². The molecule has 2 heterocycles. The predicted octanol–water partition coefficient (Wildman–Crippen LogP) is -2.62. The third-order valence-electron chi connectivity index (χ3n) is 2.70. The summed E-state index contributed by atoms with van der Waals surface area (Å²) in [6, 6.07) is 0. The Kier molecular flexibility index (Phi) is 4.15. The number of ether oxygens (including phenoxy) is 2. The van der Waals surface area contributed by atoms with E-state index in [1.165, 1.54) is 0 Å². The van der Waals surface area contributed by atoms with Crippen LogP contribution in [0.2, 0.25) is 0 Å². The molecule has 2 aliphatic heterocycles. The molecule has 2 rings (SSSR count). The summed E-state index contributed by atoms with van der Waals surface area (Å²) in [4.78, 5) is 34.3. The Balaban J connectivity index is 2.04. The minimum Gasteiger partial charge on any atom is -0.384 e. The second-order valence-electron chi connectivity index (χ2n) is 4.17. The van der Waals surface area contributed by atoms with Gasteiger partial charge < -0.3 is 39.3 Å². The molecule has 0 saturated carbocycles. The lowest BCUT2D eigenvalue weighted by molar-refractivity contribution is -0.332. The van der Waals surface area contributed by atoms with Gasteiger partial charge in [0.05, 0.1) is 6.61 Å². The molecule has 0 spiro atoms. The zero-order valence-electron chi connectivity index (χ0n) is 9.54. The van der Waals surface area contributed by atoms with Gasteiger partial charge in [0.15, 0.2) is 0 Å². The maximum absolute atomic E-state index is 10.7. The summed E-state index contributed by atoms with van der Waals surface area (Å²) in [7, 11) is -9.79. The number of phosphoric ester groups is 2. The van der Waals surface area contributed by atoms with Gasteiger partial charge in [-0.1, -0.05) is 0 Å². The number of aliphatic hydroxyl groups is 2. The molecule has 0 amide bonds. The monoisotopic (exact) mass is 338 g/mol. The van der Waals surface area contributed by atoms with Crippen molar-refractivity contribution in [3.63, 3.8) is 0 Å². The number of hydrogen-bond acceptors (Lipinski definition) is 8. The SMILES string of the molecule is O=P(O)(O)OC[C@@H]1O[C@@]2(O)[C@H](OP(=O)(O)O)O[C@@H]1[C@H]2O. The zero-order chi connectivity index (χ0) is 15.3. The summed E-state index contributed by atoms with van der Waals surface area (Å²) in [5.41, 5.74) is 0. The number of phosphoric acid groups is 2. The summed E-state index contributed by atoms with van der Waals surface area (Å²) in [5, 5.41) is 19.6. The topological polar surface area (TPSA) is 192 Å². The lowest BCUT2D eigenvalue weighted by Gasteiger charge is -2.32. The second-order valence-corrected chi connectivity index (χ2v) is 6.60. The van der Waals surface area contributed by atoms with Gasteiger partial charge in [-0.3, -0.25) is 9.05 Å². The van der Waals surface area contributed by atoms with Gasteiger partial charge in [-0.25, -0.2) is 9.13 Å². The van der Waals surface area contributed by atoms with Gasteiger partial charge in [-0.05, 0) is 0 Å². The van der Waals surface area contributed by atoms with Crippen molar-refractivity contribution in [2.75, 3.05) is 6.61 Å². The first kappa shape index (κ1) is 16.4. The van der Waals surface area contributed by atoms with E-state index >= 15 is 0 Å². The molecule has 0 unspecified atom stereocenters. The summed E-state index contributed by atoms with van der Waals surface area (Å²) >= 11 is 0. The minimum absolute atomic E-state index is 0.711. The van der Waals surface area contributed by atoms with E-state index in [2.05, 4.69) is 9.05 Å². The first-order valence-corrected chi connectivity index (χ1v) is 8.16. The molecule has 118 valence electrons. The molecular formula is C6H12O12P2. The number of rotatable bonds is 5. The van der Waals surface area contributed by atoms with Gasteiger partial charge in [0.2, 0.25) is 12.1 Å². The lowest BCUT2D eigenvalue weighted by atomic mass is 10.1. The van der Waals surface area contributed by atoms with Crippen molar-refractivity contribution in [2.45, 2.75) is 30.4 Å². The van der Waals surface area contributed by atoms with E-state index < -0.39 is 52.6 Å². The Hall–Kier alpha value is 0.0600. The fourth-order valence-corrected chi connectivity index (χ4v) is 2.73. The van der Waals surface area contributed by atoms with Crippen LogP contribution >= 0.6 is 15.6 Å². The van der Waals surface area contributed by atoms with Crippen LogP contribution in [0.4, 0.5) is 0 Å². The molecule has 0 aromatic heterocycles. The third-order valence-corrected chi connectivity index (χ3v) is 3.65. The molecule has 12 nitrogen and oxygen atoms in total. The largest absolute Gasteiger partial charge is 0.472 e. The summed E-state index contributed by atoms with van der Waals surface area (Å²) in [6.45, 7) is -0.711. The van der Waals surface area contributed by atoms with Crippen LogP contribution in [-0.2, 0) is 27.7 Å². The van der Waals surface area contributed by atoms with Crippen LogP contribution in [-0.4, -0.2) is 66.8 Å². The molecule has 0 aliphatic carbocycles. The van der Waals surface area contributed by atoms with Gasteiger partial charge in [0.25, 0.3) is 0 Å². The molecule has 2 bridgehead atoms. The first-order valence-electron chi connectivity index (χ1n) is 5.10. The van der Waals surface area contributed by atoms with Gasteiger partial charge in [-0.15, -0.1) is 0 Å². The minimum atomic E-state index is -5.01. The van der Waals surface area contributed by atoms with Crippen molar-refractivity contribution in [3.05, 3.63) is 0 Å².